The highest BCUT2D eigenvalue weighted by Gasteiger charge is 2.13. The van der Waals surface area contributed by atoms with Gasteiger partial charge in [-0.2, -0.15) is 0 Å². The predicted molar refractivity (Wildman–Crippen MR) is 76.9 cm³/mol. The van der Waals surface area contributed by atoms with Crippen LogP contribution in [0.4, 0.5) is 0 Å². The number of nitrogens with zero attached hydrogens (tertiary/aromatic N) is 1. The molecular formula is C16H21NO. The van der Waals surface area contributed by atoms with Gasteiger partial charge in [-0.15, -0.1) is 0 Å². The maximum atomic E-state index is 9.63. The average Bonchev–Trinajstić information content (AvgIpc) is 2.39. The molecule has 2 rings (SSSR count). The van der Waals surface area contributed by atoms with E-state index in [4.69, 9.17) is 0 Å². The van der Waals surface area contributed by atoms with E-state index >= 15 is 0 Å². The second kappa shape index (κ2) is 5.98. The predicted octanol–water partition coefficient (Wildman–Crippen LogP) is 2.87. The standard InChI is InChI=1S/C16H21NO/c1-17(2)11-10-14(12-18)16-9-5-7-13-6-3-4-8-15(13)16/h3-9,14,18H,10-12H2,1-2H3. The van der Waals surface area contributed by atoms with Crippen molar-refractivity contribution < 1.29 is 5.11 Å². The fourth-order valence-electron chi connectivity index (χ4n) is 2.37. The van der Waals surface area contributed by atoms with Crippen LogP contribution in [-0.2, 0) is 0 Å². The zero-order valence-electron chi connectivity index (χ0n) is 11.1. The number of aliphatic hydroxyl groups excluding tert-OH is 1. The minimum absolute atomic E-state index is 0.210. The smallest absolute Gasteiger partial charge is 0.0500 e. The molecular weight excluding hydrogens is 222 g/mol. The quantitative estimate of drug-likeness (QED) is 0.873. The minimum Gasteiger partial charge on any atom is -0.396 e. The van der Waals surface area contributed by atoms with Crippen molar-refractivity contribution in [2.45, 2.75) is 12.3 Å². The fraction of sp³-hybridized carbons (Fsp3) is 0.375. The Balaban J connectivity index is 2.32. The number of aliphatic hydroxyl groups is 1. The van der Waals surface area contributed by atoms with Gasteiger partial charge in [-0.25, -0.2) is 0 Å². The summed E-state index contributed by atoms with van der Waals surface area (Å²) < 4.78 is 0. The summed E-state index contributed by atoms with van der Waals surface area (Å²) in [6.07, 6.45) is 0.984. The van der Waals surface area contributed by atoms with Crippen LogP contribution in [0.25, 0.3) is 10.8 Å². The van der Waals surface area contributed by atoms with E-state index in [0.29, 0.717) is 0 Å². The first kappa shape index (κ1) is 13.1. The molecule has 0 saturated heterocycles. The summed E-state index contributed by atoms with van der Waals surface area (Å²) in [5.74, 6) is 0.221. The highest BCUT2D eigenvalue weighted by Crippen LogP contribution is 2.27. The van der Waals surface area contributed by atoms with Gasteiger partial charge in [0.25, 0.3) is 0 Å². The molecule has 96 valence electrons. The lowest BCUT2D eigenvalue weighted by molar-refractivity contribution is 0.248. The third-order valence-electron chi connectivity index (χ3n) is 3.41. The Morgan fingerprint density at radius 2 is 1.78 bits per heavy atom. The number of fused-ring (bicyclic) bond motifs is 1. The number of hydrogen-bond acceptors (Lipinski definition) is 2. The zero-order chi connectivity index (χ0) is 13.0. The Morgan fingerprint density at radius 1 is 1.06 bits per heavy atom. The van der Waals surface area contributed by atoms with E-state index < -0.39 is 0 Å². The topological polar surface area (TPSA) is 23.5 Å². The molecule has 0 heterocycles. The first-order valence-corrected chi connectivity index (χ1v) is 6.45. The zero-order valence-corrected chi connectivity index (χ0v) is 11.1. The van der Waals surface area contributed by atoms with Crippen LogP contribution in [0.1, 0.15) is 17.9 Å². The van der Waals surface area contributed by atoms with Gasteiger partial charge in [-0.1, -0.05) is 42.5 Å². The Morgan fingerprint density at radius 3 is 2.50 bits per heavy atom. The van der Waals surface area contributed by atoms with Crippen LogP contribution >= 0.6 is 0 Å². The summed E-state index contributed by atoms with van der Waals surface area (Å²) in [6.45, 7) is 1.20. The van der Waals surface area contributed by atoms with E-state index in [2.05, 4.69) is 61.5 Å². The van der Waals surface area contributed by atoms with E-state index in [0.717, 1.165) is 13.0 Å². The Labute approximate surface area is 109 Å². The van der Waals surface area contributed by atoms with E-state index in [1.165, 1.54) is 16.3 Å². The summed E-state index contributed by atoms with van der Waals surface area (Å²) in [4.78, 5) is 2.16. The van der Waals surface area contributed by atoms with Crippen molar-refractivity contribution in [1.82, 2.24) is 4.90 Å². The first-order valence-electron chi connectivity index (χ1n) is 6.45. The van der Waals surface area contributed by atoms with Crippen molar-refractivity contribution in [3.63, 3.8) is 0 Å². The van der Waals surface area contributed by atoms with Gasteiger partial charge in [0.2, 0.25) is 0 Å². The van der Waals surface area contributed by atoms with Crippen molar-refractivity contribution in [1.29, 1.82) is 0 Å². The maximum Gasteiger partial charge on any atom is 0.0500 e. The van der Waals surface area contributed by atoms with Crippen molar-refractivity contribution in [3.05, 3.63) is 48.0 Å². The normalized spacial score (nSPS) is 13.1. The van der Waals surface area contributed by atoms with Gasteiger partial charge in [0.05, 0.1) is 0 Å². The molecule has 2 heteroatoms. The third kappa shape index (κ3) is 2.89. The molecule has 0 aliphatic heterocycles. The molecule has 2 aromatic rings. The third-order valence-corrected chi connectivity index (χ3v) is 3.41. The molecule has 0 aromatic heterocycles. The van der Waals surface area contributed by atoms with E-state index in [9.17, 15) is 5.11 Å². The molecule has 0 fully saturated rings. The van der Waals surface area contributed by atoms with Crippen molar-refractivity contribution in [2.75, 3.05) is 27.2 Å². The molecule has 18 heavy (non-hydrogen) atoms. The van der Waals surface area contributed by atoms with Gasteiger partial charge >= 0.3 is 0 Å². The van der Waals surface area contributed by atoms with Crippen LogP contribution < -0.4 is 0 Å². The highest BCUT2D eigenvalue weighted by molar-refractivity contribution is 5.86. The van der Waals surface area contributed by atoms with Crippen LogP contribution in [0.2, 0.25) is 0 Å². The minimum atomic E-state index is 0.210. The molecule has 0 aliphatic rings. The number of rotatable bonds is 5. The number of benzene rings is 2. The molecule has 2 aromatic carbocycles. The summed E-state index contributed by atoms with van der Waals surface area (Å²) in [6, 6.07) is 14.7. The first-order chi connectivity index (χ1) is 8.72. The lowest BCUT2D eigenvalue weighted by Crippen LogP contribution is -2.17. The monoisotopic (exact) mass is 243 g/mol. The van der Waals surface area contributed by atoms with E-state index in [1.54, 1.807) is 0 Å². The summed E-state index contributed by atoms with van der Waals surface area (Å²) in [5.41, 5.74) is 1.26. The summed E-state index contributed by atoms with van der Waals surface area (Å²) in [7, 11) is 4.13. The van der Waals surface area contributed by atoms with Crippen LogP contribution in [-0.4, -0.2) is 37.3 Å². The molecule has 0 radical (unpaired) electrons. The SMILES string of the molecule is CN(C)CCC(CO)c1cccc2ccccc12. The van der Waals surface area contributed by atoms with Crippen molar-refractivity contribution >= 4 is 10.8 Å². The van der Waals surface area contributed by atoms with E-state index in [-0.39, 0.29) is 12.5 Å². The summed E-state index contributed by atoms with van der Waals surface area (Å²) >= 11 is 0. The largest absolute Gasteiger partial charge is 0.396 e. The Hall–Kier alpha value is -1.38. The van der Waals surface area contributed by atoms with Crippen molar-refractivity contribution in [2.24, 2.45) is 0 Å². The van der Waals surface area contributed by atoms with Crippen LogP contribution in [0, 0.1) is 0 Å². The van der Waals surface area contributed by atoms with Crippen LogP contribution in [0.15, 0.2) is 42.5 Å². The number of hydrogen-bond donors (Lipinski definition) is 1. The molecule has 0 amide bonds. The lowest BCUT2D eigenvalue weighted by atomic mass is 9.91. The molecule has 1 atom stereocenters. The van der Waals surface area contributed by atoms with Crippen molar-refractivity contribution in [3.8, 4) is 0 Å². The molecule has 2 nitrogen and oxygen atoms in total. The molecule has 0 bridgehead atoms. The molecule has 0 spiro atoms. The molecule has 0 saturated carbocycles. The van der Waals surface area contributed by atoms with Crippen LogP contribution in [0.5, 0.6) is 0 Å². The second-order valence-electron chi connectivity index (χ2n) is 5.04. The lowest BCUT2D eigenvalue weighted by Gasteiger charge is -2.19. The second-order valence-corrected chi connectivity index (χ2v) is 5.04. The molecule has 1 N–H and O–H groups in total. The highest BCUT2D eigenvalue weighted by atomic mass is 16.3. The average molecular weight is 243 g/mol. The van der Waals surface area contributed by atoms with E-state index in [1.807, 2.05) is 0 Å². The van der Waals surface area contributed by atoms with Gasteiger partial charge < -0.3 is 10.0 Å². The van der Waals surface area contributed by atoms with Gasteiger partial charge in [0.15, 0.2) is 0 Å². The summed E-state index contributed by atoms with van der Waals surface area (Å²) in [5, 5.41) is 12.1. The molecule has 1 unspecified atom stereocenters. The van der Waals surface area contributed by atoms with Gasteiger partial charge in [0, 0.05) is 12.5 Å². The van der Waals surface area contributed by atoms with Gasteiger partial charge in [0.1, 0.15) is 0 Å². The Kier molecular flexibility index (Phi) is 4.34. The van der Waals surface area contributed by atoms with Gasteiger partial charge in [-0.3, -0.25) is 0 Å². The maximum absolute atomic E-state index is 9.63. The Bertz CT molecular complexity index is 502. The van der Waals surface area contributed by atoms with Crippen LogP contribution in [0.3, 0.4) is 0 Å². The fourth-order valence-corrected chi connectivity index (χ4v) is 2.37. The molecule has 0 aliphatic carbocycles. The van der Waals surface area contributed by atoms with Gasteiger partial charge in [-0.05, 0) is 43.4 Å².